The van der Waals surface area contributed by atoms with Crippen molar-refractivity contribution in [3.63, 3.8) is 0 Å². The van der Waals surface area contributed by atoms with Crippen molar-refractivity contribution in [3.05, 3.63) is 0 Å². The SMILES string of the molecule is [CaH2].[O]=[Mn](=[O])(=[O])[OH]. The van der Waals surface area contributed by atoms with E-state index in [4.69, 9.17) is 15.7 Å². The molecule has 0 saturated heterocycles. The second-order valence-corrected chi connectivity index (χ2v) is 1.63. The third-order valence-corrected chi connectivity index (χ3v) is 0. The Kier molecular flexibility index (Phi) is 5.40. The van der Waals surface area contributed by atoms with E-state index in [0.717, 1.165) is 0 Å². The van der Waals surface area contributed by atoms with E-state index in [9.17, 15) is 0 Å². The van der Waals surface area contributed by atoms with Gasteiger partial charge in [0.05, 0.1) is 0 Å². The van der Waals surface area contributed by atoms with E-state index < -0.39 is 13.0 Å². The van der Waals surface area contributed by atoms with E-state index in [1.807, 2.05) is 0 Å². The fraction of sp³-hybridized carbons (Fsp3) is 0. The Morgan fingerprint density at radius 2 is 1.17 bits per heavy atom. The van der Waals surface area contributed by atoms with Gasteiger partial charge in [0.2, 0.25) is 0 Å². The molecular formula is H3CaMnO4. The first kappa shape index (κ1) is 10.2. The van der Waals surface area contributed by atoms with Gasteiger partial charge in [-0.05, 0) is 0 Å². The Bertz CT molecular complexity index is 129. The molecule has 0 amide bonds. The van der Waals surface area contributed by atoms with Gasteiger partial charge in [-0.15, -0.1) is 0 Å². The summed E-state index contributed by atoms with van der Waals surface area (Å²) in [7, 11) is 0. The molecule has 0 atom stereocenters. The molecule has 0 aromatic carbocycles. The van der Waals surface area contributed by atoms with E-state index in [-0.39, 0.29) is 37.7 Å². The van der Waals surface area contributed by atoms with Gasteiger partial charge in [-0.2, -0.15) is 0 Å². The molecule has 0 fully saturated rings. The fourth-order valence-electron chi connectivity index (χ4n) is 0. The van der Waals surface area contributed by atoms with Gasteiger partial charge in [-0.1, -0.05) is 0 Å². The summed E-state index contributed by atoms with van der Waals surface area (Å²) in [5.41, 5.74) is 0. The zero-order valence-corrected chi connectivity index (χ0v) is 3.23. The van der Waals surface area contributed by atoms with Crippen molar-refractivity contribution in [1.82, 2.24) is 0 Å². The molecule has 0 heterocycles. The van der Waals surface area contributed by atoms with Crippen molar-refractivity contribution < 1.29 is 28.7 Å². The predicted octanol–water partition coefficient (Wildman–Crippen LogP) is -1.83. The average Bonchev–Trinajstić information content (AvgIpc) is 0.722. The molecule has 6 heavy (non-hydrogen) atoms. The summed E-state index contributed by atoms with van der Waals surface area (Å²) in [6.07, 6.45) is 0. The van der Waals surface area contributed by atoms with E-state index in [1.54, 1.807) is 0 Å². The average molecular weight is 162 g/mol. The summed E-state index contributed by atoms with van der Waals surface area (Å²) >= 11 is -5.38. The molecule has 1 N–H and O–H groups in total. The molecule has 0 aromatic heterocycles. The molecule has 36 valence electrons. The summed E-state index contributed by atoms with van der Waals surface area (Å²) in [6, 6.07) is 0. The first-order chi connectivity index (χ1) is 2.00. The molecule has 6 heteroatoms. The zero-order chi connectivity index (χ0) is 4.50. The van der Waals surface area contributed by atoms with E-state index in [1.165, 1.54) is 0 Å². The Balaban J connectivity index is 0. The van der Waals surface area contributed by atoms with E-state index in [0.29, 0.717) is 0 Å². The van der Waals surface area contributed by atoms with Crippen LogP contribution in [-0.4, -0.2) is 41.9 Å². The monoisotopic (exact) mass is 162 g/mol. The summed E-state index contributed by atoms with van der Waals surface area (Å²) in [5.74, 6) is 0. The zero-order valence-electron chi connectivity index (χ0n) is 2.05. The van der Waals surface area contributed by atoms with Crippen LogP contribution in [0.4, 0.5) is 0 Å². The van der Waals surface area contributed by atoms with E-state index in [2.05, 4.69) is 0 Å². The maximum absolute atomic E-state index is 8.69. The van der Waals surface area contributed by atoms with Crippen LogP contribution in [0.15, 0.2) is 0 Å². The summed E-state index contributed by atoms with van der Waals surface area (Å²) < 4.78 is 33.1. The van der Waals surface area contributed by atoms with Crippen LogP contribution < -0.4 is 0 Å². The molecule has 0 radical (unpaired) electrons. The molecule has 0 aliphatic rings. The summed E-state index contributed by atoms with van der Waals surface area (Å²) in [4.78, 5) is 0. The van der Waals surface area contributed by atoms with Gasteiger partial charge < -0.3 is 0 Å². The molecule has 0 aromatic rings. The third-order valence-electron chi connectivity index (χ3n) is 0. The Labute approximate surface area is 65.7 Å². The predicted molar refractivity (Wildman–Crippen MR) is 12.8 cm³/mol. The van der Waals surface area contributed by atoms with Crippen molar-refractivity contribution >= 4 is 37.7 Å². The minimum atomic E-state index is -5.38. The standard InChI is InChI=1S/Ca.Mn.H2O.3O.2H/h;;1H2;;;;;/q;+1;;;;;;/p-1. The van der Waals surface area contributed by atoms with E-state index >= 15 is 0 Å². The molecule has 0 spiro atoms. The Morgan fingerprint density at radius 1 is 1.17 bits per heavy atom. The van der Waals surface area contributed by atoms with Crippen LogP contribution in [0.1, 0.15) is 0 Å². The number of hydrogen-bond donors (Lipinski definition) is 1. The van der Waals surface area contributed by atoms with Crippen LogP contribution in [-0.2, 0) is 24.5 Å². The van der Waals surface area contributed by atoms with Crippen molar-refractivity contribution in [2.75, 3.05) is 0 Å². The topological polar surface area (TPSA) is 71.4 Å². The number of rotatable bonds is 0. The molecule has 0 saturated carbocycles. The summed E-state index contributed by atoms with van der Waals surface area (Å²) in [6.45, 7) is 0. The molecule has 0 aliphatic carbocycles. The molecule has 4 nitrogen and oxygen atoms in total. The van der Waals surface area contributed by atoms with Gasteiger partial charge >= 0.3 is 66.4 Å². The van der Waals surface area contributed by atoms with Crippen molar-refractivity contribution in [2.24, 2.45) is 0 Å². The first-order valence-electron chi connectivity index (χ1n) is 0.632. The Morgan fingerprint density at radius 3 is 1.17 bits per heavy atom. The fourth-order valence-corrected chi connectivity index (χ4v) is 0. The summed E-state index contributed by atoms with van der Waals surface area (Å²) in [5, 5.41) is 0. The molecule has 0 aliphatic heterocycles. The Hall–Kier alpha value is 1.14. The third kappa shape index (κ3) is 67.8. The van der Waals surface area contributed by atoms with Crippen LogP contribution in [0.5, 0.6) is 0 Å². The van der Waals surface area contributed by atoms with Gasteiger partial charge in [-0.3, -0.25) is 0 Å². The second kappa shape index (κ2) is 3.18. The molecule has 0 rings (SSSR count). The van der Waals surface area contributed by atoms with Gasteiger partial charge in [0, 0.05) is 0 Å². The van der Waals surface area contributed by atoms with Crippen LogP contribution in [0, 0.1) is 0 Å². The van der Waals surface area contributed by atoms with Crippen molar-refractivity contribution in [2.45, 2.75) is 0 Å². The quantitative estimate of drug-likeness (QED) is 0.425. The maximum atomic E-state index is 8.69. The van der Waals surface area contributed by atoms with Crippen molar-refractivity contribution in [3.8, 4) is 0 Å². The number of hydrogen-bond acceptors (Lipinski definition) is 3. The van der Waals surface area contributed by atoms with Crippen LogP contribution >= 0.6 is 0 Å². The second-order valence-electron chi connectivity index (χ2n) is 0.396. The first-order valence-corrected chi connectivity index (χ1v) is 2.61. The van der Waals surface area contributed by atoms with Crippen LogP contribution in [0.2, 0.25) is 0 Å². The molecule has 0 unspecified atom stereocenters. The minimum absolute atomic E-state index is 0. The van der Waals surface area contributed by atoms with Gasteiger partial charge in [0.15, 0.2) is 0 Å². The van der Waals surface area contributed by atoms with Crippen LogP contribution in [0.25, 0.3) is 0 Å². The molecular weight excluding hydrogens is 159 g/mol. The van der Waals surface area contributed by atoms with Gasteiger partial charge in [0.1, 0.15) is 0 Å². The van der Waals surface area contributed by atoms with Gasteiger partial charge in [-0.25, -0.2) is 0 Å². The van der Waals surface area contributed by atoms with Crippen LogP contribution in [0.3, 0.4) is 0 Å². The van der Waals surface area contributed by atoms with Gasteiger partial charge in [0.25, 0.3) is 0 Å². The molecule has 0 bridgehead atoms. The van der Waals surface area contributed by atoms with Crippen molar-refractivity contribution in [1.29, 1.82) is 0 Å². The normalized spacial score (nSPS) is 9.50.